The third-order valence-corrected chi connectivity index (χ3v) is 13.9. The van der Waals surface area contributed by atoms with E-state index in [9.17, 15) is 10.2 Å². The summed E-state index contributed by atoms with van der Waals surface area (Å²) in [4.78, 5) is 0. The molecule has 2 aliphatic rings. The minimum Gasteiger partial charge on any atom is -0.394 e. The zero-order valence-electron chi connectivity index (χ0n) is 16.6. The molecular formula is C18H36O6Si. The quantitative estimate of drug-likeness (QED) is 0.665. The van der Waals surface area contributed by atoms with Crippen molar-refractivity contribution in [1.29, 1.82) is 0 Å². The summed E-state index contributed by atoms with van der Waals surface area (Å²) in [6.45, 7) is 13.6. The predicted molar refractivity (Wildman–Crippen MR) is 98.2 cm³/mol. The number of methoxy groups -OCH3 is 1. The van der Waals surface area contributed by atoms with Gasteiger partial charge in [0, 0.05) is 7.11 Å². The molecule has 0 aromatic heterocycles. The van der Waals surface area contributed by atoms with Gasteiger partial charge in [-0.15, -0.1) is 0 Å². The van der Waals surface area contributed by atoms with Crippen LogP contribution in [0.25, 0.3) is 0 Å². The topological polar surface area (TPSA) is 77.4 Å². The Labute approximate surface area is 152 Å². The second-order valence-corrected chi connectivity index (χ2v) is 14.5. The highest BCUT2D eigenvalue weighted by Crippen LogP contribution is 2.47. The lowest BCUT2D eigenvalue weighted by atomic mass is 9.99. The molecule has 0 saturated carbocycles. The lowest BCUT2D eigenvalue weighted by Crippen LogP contribution is -2.57. The number of aliphatic hydroxyl groups excluding tert-OH is 2. The van der Waals surface area contributed by atoms with Gasteiger partial charge in [0.1, 0.15) is 24.4 Å². The Kier molecular flexibility index (Phi) is 7.09. The summed E-state index contributed by atoms with van der Waals surface area (Å²) < 4.78 is 23.3. The van der Waals surface area contributed by atoms with Crippen LogP contribution in [0.3, 0.4) is 0 Å². The van der Waals surface area contributed by atoms with Crippen molar-refractivity contribution in [1.82, 2.24) is 0 Å². The first kappa shape index (κ1) is 21.3. The van der Waals surface area contributed by atoms with Crippen LogP contribution in [0.15, 0.2) is 0 Å². The normalized spacial score (nSPS) is 36.5. The molecule has 2 heterocycles. The van der Waals surface area contributed by atoms with Crippen LogP contribution in [0.4, 0.5) is 0 Å². The largest absolute Gasteiger partial charge is 0.394 e. The van der Waals surface area contributed by atoms with Crippen molar-refractivity contribution in [2.75, 3.05) is 13.7 Å². The summed E-state index contributed by atoms with van der Waals surface area (Å²) in [6, 6.07) is 0.889. The molecule has 0 amide bonds. The molecule has 148 valence electrons. The number of hydrogen-bond acceptors (Lipinski definition) is 6. The maximum atomic E-state index is 10.5. The summed E-state index contributed by atoms with van der Waals surface area (Å²) in [7, 11) is -0.157. The molecule has 6 atom stereocenters. The summed E-state index contributed by atoms with van der Waals surface area (Å²) in [5, 5.41) is 19.9. The summed E-state index contributed by atoms with van der Waals surface area (Å²) >= 11 is 0. The van der Waals surface area contributed by atoms with Crippen LogP contribution in [0.1, 0.15) is 41.5 Å². The molecular weight excluding hydrogens is 340 g/mol. The first-order valence-corrected chi connectivity index (χ1v) is 11.9. The Bertz CT molecular complexity index is 408. The molecule has 0 aromatic carbocycles. The molecule has 6 nitrogen and oxygen atoms in total. The molecule has 0 radical (unpaired) electrons. The van der Waals surface area contributed by atoms with Crippen molar-refractivity contribution in [3.8, 4) is 0 Å². The van der Waals surface area contributed by atoms with Crippen LogP contribution in [0, 0.1) is 0 Å². The molecule has 2 fully saturated rings. The van der Waals surface area contributed by atoms with Gasteiger partial charge in [0.05, 0.1) is 14.7 Å². The van der Waals surface area contributed by atoms with Gasteiger partial charge in [0.25, 0.3) is 0 Å². The highest BCUT2D eigenvalue weighted by molar-refractivity contribution is 6.83. The molecule has 7 heteroatoms. The Morgan fingerprint density at radius 2 is 1.44 bits per heavy atom. The second-order valence-electron chi connectivity index (χ2n) is 8.36. The molecule has 2 saturated heterocycles. The monoisotopic (exact) mass is 376 g/mol. The van der Waals surface area contributed by atoms with Gasteiger partial charge in [0.15, 0.2) is 12.6 Å². The smallest absolute Gasteiger partial charge is 0.186 e. The van der Waals surface area contributed by atoms with E-state index in [4.69, 9.17) is 18.9 Å². The first-order chi connectivity index (χ1) is 11.7. The predicted octanol–water partition coefficient (Wildman–Crippen LogP) is 2.50. The second kappa shape index (κ2) is 8.33. The minimum atomic E-state index is -1.70. The fraction of sp³-hybridized carbons (Fsp3) is 1.00. The zero-order valence-corrected chi connectivity index (χ0v) is 17.6. The molecule has 0 aliphatic carbocycles. The average Bonchev–Trinajstić information content (AvgIpc) is 2.96. The Morgan fingerprint density at radius 1 is 0.920 bits per heavy atom. The van der Waals surface area contributed by atoms with Crippen LogP contribution >= 0.6 is 0 Å². The molecule has 0 bridgehead atoms. The van der Waals surface area contributed by atoms with E-state index in [-0.39, 0.29) is 12.9 Å². The molecule has 2 rings (SSSR count). The van der Waals surface area contributed by atoms with Gasteiger partial charge in [-0.3, -0.25) is 0 Å². The molecule has 0 spiro atoms. The Hall–Kier alpha value is -0.0231. The van der Waals surface area contributed by atoms with Crippen LogP contribution < -0.4 is 0 Å². The first-order valence-electron chi connectivity index (χ1n) is 9.47. The molecule has 2 N–H and O–H groups in total. The molecule has 25 heavy (non-hydrogen) atoms. The third kappa shape index (κ3) is 3.83. The highest BCUT2D eigenvalue weighted by atomic mass is 28.3. The van der Waals surface area contributed by atoms with Crippen molar-refractivity contribution in [2.45, 2.75) is 101 Å². The Balaban J connectivity index is 2.20. The van der Waals surface area contributed by atoms with Crippen molar-refractivity contribution in [2.24, 2.45) is 0 Å². The van der Waals surface area contributed by atoms with Crippen LogP contribution in [0.2, 0.25) is 22.7 Å². The van der Waals surface area contributed by atoms with Gasteiger partial charge in [-0.2, -0.15) is 0 Å². The zero-order chi connectivity index (χ0) is 18.9. The maximum Gasteiger partial charge on any atom is 0.186 e. The summed E-state index contributed by atoms with van der Waals surface area (Å²) in [5.74, 6) is 0. The average molecular weight is 377 g/mol. The van der Waals surface area contributed by atoms with Crippen molar-refractivity contribution in [3.63, 3.8) is 0 Å². The van der Waals surface area contributed by atoms with E-state index in [0.29, 0.717) is 16.6 Å². The number of aliphatic hydroxyl groups is 2. The van der Waals surface area contributed by atoms with Crippen LogP contribution in [-0.2, 0) is 18.9 Å². The van der Waals surface area contributed by atoms with E-state index in [1.54, 1.807) is 7.11 Å². The minimum absolute atomic E-state index is 0.277. The van der Waals surface area contributed by atoms with Crippen molar-refractivity contribution >= 4 is 8.07 Å². The Morgan fingerprint density at radius 3 is 1.88 bits per heavy atom. The summed E-state index contributed by atoms with van der Waals surface area (Å²) in [6.07, 6.45) is -3.62. The standard InChI is InChI=1S/C18H36O6Si/c1-10(2)25(11(3)4,12(5)6)9-14-23-16-15(20)13(8-19)22-18(21-7)17(16)24-14/h10-20H,8-9H2,1-7H3/t13-,14?,15-,16+,17+,18+/m1/s1. The van der Waals surface area contributed by atoms with Gasteiger partial charge < -0.3 is 29.2 Å². The van der Waals surface area contributed by atoms with Crippen molar-refractivity contribution in [3.05, 3.63) is 0 Å². The molecule has 0 aromatic rings. The fourth-order valence-corrected chi connectivity index (χ4v) is 11.2. The fourth-order valence-electron chi connectivity index (χ4n) is 5.01. The van der Waals surface area contributed by atoms with E-state index in [0.717, 1.165) is 6.04 Å². The maximum absolute atomic E-state index is 10.5. The van der Waals surface area contributed by atoms with E-state index in [1.165, 1.54) is 0 Å². The van der Waals surface area contributed by atoms with Crippen LogP contribution in [-0.4, -0.2) is 69.0 Å². The van der Waals surface area contributed by atoms with Gasteiger partial charge in [-0.05, 0) is 6.04 Å². The molecule has 2 aliphatic heterocycles. The van der Waals surface area contributed by atoms with E-state index in [2.05, 4.69) is 41.5 Å². The van der Waals surface area contributed by atoms with Gasteiger partial charge in [0.2, 0.25) is 0 Å². The van der Waals surface area contributed by atoms with E-state index in [1.807, 2.05) is 0 Å². The van der Waals surface area contributed by atoms with Crippen molar-refractivity contribution < 1.29 is 29.2 Å². The van der Waals surface area contributed by atoms with Gasteiger partial charge in [-0.25, -0.2) is 0 Å². The number of fused-ring (bicyclic) bond motifs is 1. The van der Waals surface area contributed by atoms with Crippen LogP contribution in [0.5, 0.6) is 0 Å². The number of rotatable bonds is 7. The third-order valence-electron chi connectivity index (χ3n) is 6.39. The number of ether oxygens (including phenoxy) is 4. The van der Waals surface area contributed by atoms with E-state index < -0.39 is 38.8 Å². The number of hydrogen-bond donors (Lipinski definition) is 2. The van der Waals surface area contributed by atoms with E-state index >= 15 is 0 Å². The molecule has 1 unspecified atom stereocenters. The van der Waals surface area contributed by atoms with Gasteiger partial charge in [-0.1, -0.05) is 58.2 Å². The highest BCUT2D eigenvalue weighted by Gasteiger charge is 2.55. The lowest BCUT2D eigenvalue weighted by Gasteiger charge is -2.44. The SMILES string of the molecule is CO[C@H]1O[C@H](CO)[C@@H](O)[C@@H]2OC(C[Si](C(C)C)(C(C)C)C(C)C)O[C@H]12. The summed E-state index contributed by atoms with van der Waals surface area (Å²) in [5.41, 5.74) is 1.81. The lowest BCUT2D eigenvalue weighted by molar-refractivity contribution is -0.271. The van der Waals surface area contributed by atoms with Gasteiger partial charge >= 0.3 is 0 Å².